The Balaban J connectivity index is 1.69. The van der Waals surface area contributed by atoms with Crippen LogP contribution in [0.3, 0.4) is 0 Å². The third-order valence-corrected chi connectivity index (χ3v) is 5.76. The monoisotopic (exact) mass is 408 g/mol. The molecule has 30 heavy (non-hydrogen) atoms. The molecule has 0 spiro atoms. The van der Waals surface area contributed by atoms with Crippen molar-refractivity contribution in [2.45, 2.75) is 64.6 Å². The number of hydrogen-bond acceptors (Lipinski definition) is 3. The second kappa shape index (κ2) is 10.8. The van der Waals surface area contributed by atoms with Crippen molar-refractivity contribution in [3.63, 3.8) is 0 Å². The number of nitrogens with zero attached hydrogens (tertiary/aromatic N) is 1. The highest BCUT2D eigenvalue weighted by molar-refractivity contribution is 5.88. The van der Waals surface area contributed by atoms with Crippen LogP contribution in [0, 0.1) is 6.92 Å². The van der Waals surface area contributed by atoms with Crippen molar-refractivity contribution in [1.29, 1.82) is 0 Å². The molecule has 1 saturated carbocycles. The van der Waals surface area contributed by atoms with Gasteiger partial charge in [-0.2, -0.15) is 0 Å². The van der Waals surface area contributed by atoms with Crippen molar-refractivity contribution in [1.82, 2.24) is 10.2 Å². The van der Waals surface area contributed by atoms with E-state index in [1.807, 2.05) is 61.5 Å². The molecular weight excluding hydrogens is 376 g/mol. The van der Waals surface area contributed by atoms with Crippen LogP contribution in [-0.4, -0.2) is 35.4 Å². The van der Waals surface area contributed by atoms with Gasteiger partial charge in [0.25, 0.3) is 5.91 Å². The summed E-state index contributed by atoms with van der Waals surface area (Å²) in [6, 6.07) is 17.0. The minimum Gasteiger partial charge on any atom is -0.484 e. The van der Waals surface area contributed by atoms with E-state index in [4.69, 9.17) is 4.74 Å². The number of carbonyl (C=O) groups excluding carboxylic acids is 2. The highest BCUT2D eigenvalue weighted by Crippen LogP contribution is 2.19. The van der Waals surface area contributed by atoms with Gasteiger partial charge in [0.1, 0.15) is 11.8 Å². The van der Waals surface area contributed by atoms with E-state index in [2.05, 4.69) is 5.32 Å². The molecule has 3 rings (SSSR count). The minimum atomic E-state index is -0.569. The number of amides is 2. The fraction of sp³-hybridized carbons (Fsp3) is 0.440. The van der Waals surface area contributed by atoms with Crippen LogP contribution in [0.25, 0.3) is 0 Å². The topological polar surface area (TPSA) is 58.6 Å². The lowest BCUT2D eigenvalue weighted by atomic mass is 9.95. The second-order valence-corrected chi connectivity index (χ2v) is 8.08. The van der Waals surface area contributed by atoms with Crippen molar-refractivity contribution in [3.05, 3.63) is 65.7 Å². The Morgan fingerprint density at radius 3 is 2.40 bits per heavy atom. The van der Waals surface area contributed by atoms with Crippen molar-refractivity contribution in [3.8, 4) is 5.75 Å². The van der Waals surface area contributed by atoms with Gasteiger partial charge in [-0.1, -0.05) is 67.8 Å². The largest absolute Gasteiger partial charge is 0.484 e. The SMILES string of the molecule is Cc1ccccc1OCC(=O)N(Cc1ccccc1)[C@H](C)C(=O)NC1CCCCC1. The van der Waals surface area contributed by atoms with E-state index in [0.29, 0.717) is 12.3 Å². The molecule has 2 aromatic rings. The average molecular weight is 409 g/mol. The van der Waals surface area contributed by atoms with Crippen molar-refractivity contribution in [2.75, 3.05) is 6.61 Å². The van der Waals surface area contributed by atoms with E-state index in [-0.39, 0.29) is 24.5 Å². The molecule has 5 heteroatoms. The molecule has 2 aromatic carbocycles. The second-order valence-electron chi connectivity index (χ2n) is 8.08. The summed E-state index contributed by atoms with van der Waals surface area (Å²) >= 11 is 0. The van der Waals surface area contributed by atoms with Crippen LogP contribution in [0.5, 0.6) is 5.75 Å². The Kier molecular flexibility index (Phi) is 7.89. The fourth-order valence-electron chi connectivity index (χ4n) is 3.87. The number of ether oxygens (including phenoxy) is 1. The van der Waals surface area contributed by atoms with Crippen molar-refractivity contribution in [2.24, 2.45) is 0 Å². The summed E-state index contributed by atoms with van der Waals surface area (Å²) in [4.78, 5) is 27.6. The normalized spacial score (nSPS) is 15.3. The highest BCUT2D eigenvalue weighted by Gasteiger charge is 2.28. The molecule has 0 unspecified atom stereocenters. The van der Waals surface area contributed by atoms with E-state index in [1.54, 1.807) is 11.8 Å². The van der Waals surface area contributed by atoms with Gasteiger partial charge >= 0.3 is 0 Å². The molecule has 1 atom stereocenters. The Hall–Kier alpha value is -2.82. The van der Waals surface area contributed by atoms with Gasteiger partial charge in [0.2, 0.25) is 5.91 Å². The first-order valence-electron chi connectivity index (χ1n) is 10.9. The zero-order valence-electron chi connectivity index (χ0n) is 18.0. The first-order valence-corrected chi connectivity index (χ1v) is 10.9. The molecule has 1 aliphatic carbocycles. The van der Waals surface area contributed by atoms with E-state index in [0.717, 1.165) is 36.8 Å². The molecule has 5 nitrogen and oxygen atoms in total. The van der Waals surface area contributed by atoms with Gasteiger partial charge in [0.15, 0.2) is 6.61 Å². The molecule has 0 bridgehead atoms. The Labute approximate surface area is 179 Å². The summed E-state index contributed by atoms with van der Waals surface area (Å²) in [6.07, 6.45) is 5.56. The fourth-order valence-corrected chi connectivity index (χ4v) is 3.87. The van der Waals surface area contributed by atoms with Gasteiger partial charge in [0, 0.05) is 12.6 Å². The van der Waals surface area contributed by atoms with Gasteiger partial charge in [-0.15, -0.1) is 0 Å². The van der Waals surface area contributed by atoms with Crippen LogP contribution >= 0.6 is 0 Å². The third kappa shape index (κ3) is 6.09. The number of benzene rings is 2. The number of carbonyl (C=O) groups is 2. The number of rotatable bonds is 8. The molecular formula is C25H32N2O3. The molecule has 160 valence electrons. The Morgan fingerprint density at radius 1 is 1.03 bits per heavy atom. The minimum absolute atomic E-state index is 0.0953. The Bertz CT molecular complexity index is 831. The molecule has 2 amide bonds. The van der Waals surface area contributed by atoms with Crippen LogP contribution in [0.4, 0.5) is 0 Å². The maximum absolute atomic E-state index is 13.1. The first-order chi connectivity index (χ1) is 14.5. The zero-order chi connectivity index (χ0) is 21.3. The molecule has 1 fully saturated rings. The lowest BCUT2D eigenvalue weighted by molar-refractivity contribution is -0.142. The van der Waals surface area contributed by atoms with E-state index in [1.165, 1.54) is 6.42 Å². The number of para-hydroxylation sites is 1. The van der Waals surface area contributed by atoms with Gasteiger partial charge in [-0.05, 0) is 43.9 Å². The molecule has 0 heterocycles. The van der Waals surface area contributed by atoms with Crippen molar-refractivity contribution >= 4 is 11.8 Å². The lowest BCUT2D eigenvalue weighted by Gasteiger charge is -2.31. The third-order valence-electron chi connectivity index (χ3n) is 5.76. The zero-order valence-corrected chi connectivity index (χ0v) is 18.0. The number of aryl methyl sites for hydroxylation is 1. The number of nitrogens with one attached hydrogen (secondary N) is 1. The predicted octanol–water partition coefficient (Wildman–Crippen LogP) is 4.24. The van der Waals surface area contributed by atoms with Gasteiger partial charge < -0.3 is 15.0 Å². The molecule has 0 radical (unpaired) electrons. The maximum atomic E-state index is 13.1. The summed E-state index contributed by atoms with van der Waals surface area (Å²) in [5.74, 6) is 0.389. The van der Waals surface area contributed by atoms with Crippen LogP contribution in [0.15, 0.2) is 54.6 Å². The van der Waals surface area contributed by atoms with E-state index < -0.39 is 6.04 Å². The maximum Gasteiger partial charge on any atom is 0.261 e. The lowest BCUT2D eigenvalue weighted by Crippen LogP contribution is -2.51. The average Bonchev–Trinajstić information content (AvgIpc) is 2.77. The molecule has 0 saturated heterocycles. The van der Waals surface area contributed by atoms with Gasteiger partial charge in [-0.25, -0.2) is 0 Å². The molecule has 1 aliphatic rings. The summed E-state index contributed by atoms with van der Waals surface area (Å²) in [5, 5.41) is 3.15. The van der Waals surface area contributed by atoms with E-state index in [9.17, 15) is 9.59 Å². The number of hydrogen-bond donors (Lipinski definition) is 1. The molecule has 0 aromatic heterocycles. The quantitative estimate of drug-likeness (QED) is 0.711. The van der Waals surface area contributed by atoms with Crippen LogP contribution < -0.4 is 10.1 Å². The van der Waals surface area contributed by atoms with Crippen LogP contribution in [0.1, 0.15) is 50.2 Å². The molecule has 1 N–H and O–H groups in total. The Morgan fingerprint density at radius 2 is 1.70 bits per heavy atom. The smallest absolute Gasteiger partial charge is 0.261 e. The van der Waals surface area contributed by atoms with Crippen molar-refractivity contribution < 1.29 is 14.3 Å². The summed E-state index contributed by atoms with van der Waals surface area (Å²) in [5.41, 5.74) is 1.96. The van der Waals surface area contributed by atoms with Crippen LogP contribution in [-0.2, 0) is 16.1 Å². The highest BCUT2D eigenvalue weighted by atomic mass is 16.5. The van der Waals surface area contributed by atoms with Crippen LogP contribution in [0.2, 0.25) is 0 Å². The van der Waals surface area contributed by atoms with E-state index >= 15 is 0 Å². The molecule has 0 aliphatic heterocycles. The van der Waals surface area contributed by atoms with Gasteiger partial charge in [0.05, 0.1) is 0 Å². The standard InChI is InChI=1S/C25H32N2O3/c1-19-11-9-10-16-23(19)30-18-24(28)27(17-21-12-5-3-6-13-21)20(2)25(29)26-22-14-7-4-8-15-22/h3,5-6,9-13,16,20,22H,4,7-8,14-15,17-18H2,1-2H3,(H,26,29)/t20-/m1/s1. The summed E-state index contributed by atoms with van der Waals surface area (Å²) < 4.78 is 5.77. The predicted molar refractivity (Wildman–Crippen MR) is 118 cm³/mol. The summed E-state index contributed by atoms with van der Waals surface area (Å²) in [7, 11) is 0. The first kappa shape index (κ1) is 21.9. The van der Waals surface area contributed by atoms with Gasteiger partial charge in [-0.3, -0.25) is 9.59 Å². The summed E-state index contributed by atoms with van der Waals surface area (Å²) in [6.45, 7) is 4.02.